The summed E-state index contributed by atoms with van der Waals surface area (Å²) in [6, 6.07) is 11.0. The van der Waals surface area contributed by atoms with Gasteiger partial charge in [-0.05, 0) is 76.9 Å². The molecule has 3 amide bonds. The monoisotopic (exact) mass is 603 g/mol. The minimum absolute atomic E-state index is 0.230. The Morgan fingerprint density at radius 1 is 1.16 bits per heavy atom. The zero-order chi connectivity index (χ0) is 27.1. The summed E-state index contributed by atoms with van der Waals surface area (Å²) < 4.78 is 17.6. The maximum atomic E-state index is 13.1. The zero-order valence-corrected chi connectivity index (χ0v) is 23.7. The number of benzene rings is 2. The number of amides is 3. The van der Waals surface area contributed by atoms with Crippen molar-refractivity contribution in [3.8, 4) is 11.5 Å². The van der Waals surface area contributed by atoms with Crippen molar-refractivity contribution in [1.29, 1.82) is 0 Å². The second kappa shape index (κ2) is 13.2. The van der Waals surface area contributed by atoms with Crippen LogP contribution in [-0.4, -0.2) is 68.0 Å². The van der Waals surface area contributed by atoms with Crippen LogP contribution in [0.25, 0.3) is 6.08 Å². The summed E-state index contributed by atoms with van der Waals surface area (Å²) in [7, 11) is 0. The molecule has 0 atom stereocenters. The fourth-order valence-electron chi connectivity index (χ4n) is 4.06. The van der Waals surface area contributed by atoms with Crippen molar-refractivity contribution in [2.24, 2.45) is 0 Å². The number of hydrogen-bond acceptors (Lipinski definition) is 8. The van der Waals surface area contributed by atoms with Gasteiger partial charge in [-0.3, -0.25) is 19.3 Å². The van der Waals surface area contributed by atoms with E-state index in [9.17, 15) is 14.4 Å². The van der Waals surface area contributed by atoms with Gasteiger partial charge in [-0.2, -0.15) is 0 Å². The van der Waals surface area contributed by atoms with Gasteiger partial charge in [0, 0.05) is 13.1 Å². The first kappa shape index (κ1) is 28.0. The average Bonchev–Trinajstić information content (AvgIpc) is 3.16. The van der Waals surface area contributed by atoms with Crippen LogP contribution in [0.4, 0.5) is 16.2 Å². The first-order valence-corrected chi connectivity index (χ1v) is 14.1. The van der Waals surface area contributed by atoms with Gasteiger partial charge in [0.15, 0.2) is 11.5 Å². The maximum Gasteiger partial charge on any atom is 0.294 e. The van der Waals surface area contributed by atoms with E-state index in [1.165, 1.54) is 0 Å². The molecule has 38 heavy (non-hydrogen) atoms. The van der Waals surface area contributed by atoms with E-state index < -0.39 is 17.1 Å². The molecular formula is C27H30BrN3O6S. The molecule has 1 N–H and O–H groups in total. The van der Waals surface area contributed by atoms with Crippen LogP contribution in [0.15, 0.2) is 45.8 Å². The van der Waals surface area contributed by atoms with Crippen LogP contribution in [0.3, 0.4) is 0 Å². The Kier molecular flexibility index (Phi) is 9.70. The molecule has 4 rings (SSSR count). The van der Waals surface area contributed by atoms with Crippen LogP contribution in [0.5, 0.6) is 11.5 Å². The third-order valence-electron chi connectivity index (χ3n) is 5.79. The lowest BCUT2D eigenvalue weighted by atomic mass is 10.1. The maximum absolute atomic E-state index is 13.1. The standard InChI is InChI=1S/C27H30BrN3O6S/c1-3-11-37-25-19(28)14-18(15-22(25)36-4-2)16-23-26(33)31(27(34)38-23)17-24(32)29-20-7-5-6-8-21(20)30-9-12-35-13-10-30/h5-8,14-16H,3-4,9-13,17H2,1-2H3,(H,29,32)/b23-16-. The number of carbonyl (C=O) groups excluding carboxylic acids is 3. The topological polar surface area (TPSA) is 97.4 Å². The first-order chi connectivity index (χ1) is 18.4. The normalized spacial score (nSPS) is 16.8. The van der Waals surface area contributed by atoms with Gasteiger partial charge < -0.3 is 24.4 Å². The smallest absolute Gasteiger partial charge is 0.294 e. The number of ether oxygens (including phenoxy) is 3. The minimum Gasteiger partial charge on any atom is -0.490 e. The highest BCUT2D eigenvalue weighted by molar-refractivity contribution is 9.10. The molecule has 0 aliphatic carbocycles. The van der Waals surface area contributed by atoms with Crippen molar-refractivity contribution >= 4 is 62.2 Å². The summed E-state index contributed by atoms with van der Waals surface area (Å²) in [6.07, 6.45) is 2.46. The Morgan fingerprint density at radius 3 is 2.66 bits per heavy atom. The molecule has 2 aromatic carbocycles. The van der Waals surface area contributed by atoms with E-state index >= 15 is 0 Å². The lowest BCUT2D eigenvalue weighted by Crippen LogP contribution is -2.38. The Hall–Kier alpha value is -3.02. The first-order valence-electron chi connectivity index (χ1n) is 12.5. The Labute approximate surface area is 234 Å². The molecule has 0 radical (unpaired) electrons. The fraction of sp³-hybridized carbons (Fsp3) is 0.370. The van der Waals surface area contributed by atoms with E-state index in [2.05, 4.69) is 26.1 Å². The van der Waals surface area contributed by atoms with Gasteiger partial charge >= 0.3 is 0 Å². The number of nitrogens with one attached hydrogen (secondary N) is 1. The number of nitrogens with zero attached hydrogens (tertiary/aromatic N) is 2. The number of halogens is 1. The van der Waals surface area contributed by atoms with Gasteiger partial charge in [0.05, 0.1) is 47.2 Å². The highest BCUT2D eigenvalue weighted by Gasteiger charge is 2.36. The predicted molar refractivity (Wildman–Crippen MR) is 152 cm³/mol. The van der Waals surface area contributed by atoms with Crippen molar-refractivity contribution in [3.05, 3.63) is 51.3 Å². The van der Waals surface area contributed by atoms with Gasteiger partial charge in [0.1, 0.15) is 6.54 Å². The quantitative estimate of drug-likeness (QED) is 0.372. The van der Waals surface area contributed by atoms with E-state index in [-0.39, 0.29) is 11.4 Å². The molecule has 202 valence electrons. The SMILES string of the molecule is CCCOc1c(Br)cc(/C=C2\SC(=O)N(CC(=O)Nc3ccccc3N3CCOCC3)C2=O)cc1OCC. The van der Waals surface area contributed by atoms with E-state index in [1.807, 2.05) is 32.0 Å². The number of imide groups is 1. The summed E-state index contributed by atoms with van der Waals surface area (Å²) in [5.41, 5.74) is 2.17. The number of hydrogen-bond donors (Lipinski definition) is 1. The van der Waals surface area contributed by atoms with E-state index in [0.29, 0.717) is 66.7 Å². The molecule has 2 aliphatic heterocycles. The summed E-state index contributed by atoms with van der Waals surface area (Å²) in [4.78, 5) is 41.9. The Bertz CT molecular complexity index is 1230. The van der Waals surface area contributed by atoms with Crippen molar-refractivity contribution < 1.29 is 28.6 Å². The van der Waals surface area contributed by atoms with Crippen molar-refractivity contribution in [2.45, 2.75) is 20.3 Å². The summed E-state index contributed by atoms with van der Waals surface area (Å²) in [5, 5.41) is 2.36. The number of anilines is 2. The lowest BCUT2D eigenvalue weighted by Gasteiger charge is -2.30. The molecule has 2 aromatic rings. The molecule has 2 heterocycles. The highest BCUT2D eigenvalue weighted by Crippen LogP contribution is 2.39. The Morgan fingerprint density at radius 2 is 1.92 bits per heavy atom. The van der Waals surface area contributed by atoms with Crippen LogP contribution in [0.2, 0.25) is 0 Å². The van der Waals surface area contributed by atoms with Gasteiger partial charge in [-0.1, -0.05) is 19.1 Å². The van der Waals surface area contributed by atoms with Crippen molar-refractivity contribution in [2.75, 3.05) is 56.3 Å². The van der Waals surface area contributed by atoms with Crippen LogP contribution in [0, 0.1) is 0 Å². The molecule has 0 aromatic heterocycles. The Balaban J connectivity index is 1.47. The molecule has 11 heteroatoms. The van der Waals surface area contributed by atoms with Gasteiger partial charge in [-0.25, -0.2) is 0 Å². The van der Waals surface area contributed by atoms with Gasteiger partial charge in [-0.15, -0.1) is 0 Å². The molecule has 0 bridgehead atoms. The largest absolute Gasteiger partial charge is 0.490 e. The van der Waals surface area contributed by atoms with Crippen LogP contribution >= 0.6 is 27.7 Å². The summed E-state index contributed by atoms with van der Waals surface area (Å²) >= 11 is 4.32. The molecule has 2 fully saturated rings. The van der Waals surface area contributed by atoms with Crippen LogP contribution in [0.1, 0.15) is 25.8 Å². The third kappa shape index (κ3) is 6.69. The fourth-order valence-corrected chi connectivity index (χ4v) is 5.47. The lowest BCUT2D eigenvalue weighted by molar-refractivity contribution is -0.127. The summed E-state index contributed by atoms with van der Waals surface area (Å²) in [6.45, 7) is 7.15. The number of carbonyl (C=O) groups is 3. The molecule has 2 aliphatic rings. The van der Waals surface area contributed by atoms with Crippen LogP contribution in [-0.2, 0) is 14.3 Å². The van der Waals surface area contributed by atoms with E-state index in [0.717, 1.165) is 28.8 Å². The minimum atomic E-state index is -0.517. The second-order valence-corrected chi connectivity index (χ2v) is 10.4. The molecular weight excluding hydrogens is 574 g/mol. The molecule has 0 saturated carbocycles. The highest BCUT2D eigenvalue weighted by atomic mass is 79.9. The number of thioether (sulfide) groups is 1. The predicted octanol–water partition coefficient (Wildman–Crippen LogP) is 5.15. The second-order valence-electron chi connectivity index (χ2n) is 8.54. The van der Waals surface area contributed by atoms with Gasteiger partial charge in [0.25, 0.3) is 11.1 Å². The van der Waals surface area contributed by atoms with Crippen molar-refractivity contribution in [1.82, 2.24) is 4.90 Å². The third-order valence-corrected chi connectivity index (χ3v) is 7.28. The number of rotatable bonds is 10. The molecule has 9 nitrogen and oxygen atoms in total. The van der Waals surface area contributed by atoms with Crippen molar-refractivity contribution in [3.63, 3.8) is 0 Å². The zero-order valence-electron chi connectivity index (χ0n) is 21.3. The average molecular weight is 605 g/mol. The number of morpholine rings is 1. The molecule has 0 spiro atoms. The van der Waals surface area contributed by atoms with Crippen LogP contribution < -0.4 is 19.7 Å². The molecule has 0 unspecified atom stereocenters. The number of para-hydroxylation sites is 2. The molecule has 2 saturated heterocycles. The summed E-state index contributed by atoms with van der Waals surface area (Å²) in [5.74, 6) is 0.164. The van der Waals surface area contributed by atoms with E-state index in [1.54, 1.807) is 24.3 Å². The van der Waals surface area contributed by atoms with Gasteiger partial charge in [0.2, 0.25) is 5.91 Å². The van der Waals surface area contributed by atoms with E-state index in [4.69, 9.17) is 14.2 Å².